The van der Waals surface area contributed by atoms with Gasteiger partial charge in [0.25, 0.3) is 0 Å². The summed E-state index contributed by atoms with van der Waals surface area (Å²) in [7, 11) is -3.67. The van der Waals surface area contributed by atoms with Crippen LogP contribution in [-0.4, -0.2) is 18.8 Å². The first-order chi connectivity index (χ1) is 12.8. The fraction of sp³-hybridized carbons (Fsp3) is 0.727. The van der Waals surface area contributed by atoms with Gasteiger partial charge in [0.05, 0.1) is 5.25 Å². The Kier molecular flexibility index (Phi) is 11.5. The van der Waals surface area contributed by atoms with Gasteiger partial charge in [-0.25, -0.2) is 0 Å². The van der Waals surface area contributed by atoms with Gasteiger partial charge in [-0.05, 0) is 38.0 Å². The molecule has 1 unspecified atom stereocenters. The maximum absolute atomic E-state index is 12.3. The predicted octanol–water partition coefficient (Wildman–Crippen LogP) is 6.50. The Balaban J connectivity index is 2.17. The molecule has 0 radical (unpaired) electrons. The quantitative estimate of drug-likeness (QED) is 0.270. The molecule has 0 aliphatic carbocycles. The van der Waals surface area contributed by atoms with Gasteiger partial charge in [-0.3, -0.25) is 0 Å². The molecule has 0 aliphatic heterocycles. The summed E-state index contributed by atoms with van der Waals surface area (Å²) < 4.78 is 29.9. The molecule has 1 rings (SSSR count). The minimum Gasteiger partial charge on any atom is -0.508 e. The van der Waals surface area contributed by atoms with Crippen molar-refractivity contribution in [2.45, 2.75) is 103 Å². The van der Waals surface area contributed by atoms with Crippen molar-refractivity contribution in [1.82, 2.24) is 0 Å². The van der Waals surface area contributed by atoms with Crippen LogP contribution in [0.4, 0.5) is 0 Å². The Morgan fingerprint density at radius 2 is 1.41 bits per heavy atom. The Morgan fingerprint density at radius 3 is 1.93 bits per heavy atom. The van der Waals surface area contributed by atoms with Crippen LogP contribution in [0.15, 0.2) is 18.2 Å². The van der Waals surface area contributed by atoms with Crippen LogP contribution in [0, 0.1) is 6.92 Å². The Hall–Kier alpha value is -1.23. The van der Waals surface area contributed by atoms with E-state index in [1.165, 1.54) is 63.9 Å². The zero-order chi connectivity index (χ0) is 20.1. The van der Waals surface area contributed by atoms with Crippen LogP contribution in [0.2, 0.25) is 0 Å². The fourth-order valence-corrected chi connectivity index (χ4v) is 4.22. The molecule has 0 bridgehead atoms. The highest BCUT2D eigenvalue weighted by Gasteiger charge is 2.22. The standard InChI is InChI=1S/C22H38O4S/c1-4-5-6-7-8-9-10-11-12-13-14-15-20(3)27(24,25)26-22-17-19(2)16-21(23)18-22/h16-18,20,23H,4-15H2,1-3H3. The Labute approximate surface area is 166 Å². The van der Waals surface area contributed by atoms with Gasteiger partial charge in [0.1, 0.15) is 11.5 Å². The van der Waals surface area contributed by atoms with Gasteiger partial charge in [0, 0.05) is 6.07 Å². The van der Waals surface area contributed by atoms with Gasteiger partial charge in [-0.1, -0.05) is 77.6 Å². The fourth-order valence-electron chi connectivity index (χ4n) is 3.23. The molecular formula is C22H38O4S. The number of phenolic OH excluding ortho intramolecular Hbond substituents is 1. The highest BCUT2D eigenvalue weighted by Crippen LogP contribution is 2.24. The molecule has 1 aromatic carbocycles. The smallest absolute Gasteiger partial charge is 0.311 e. The number of benzene rings is 1. The third-order valence-electron chi connectivity index (χ3n) is 4.96. The second kappa shape index (κ2) is 13.0. The average Bonchev–Trinajstić information content (AvgIpc) is 2.58. The number of aryl methyl sites for hydroxylation is 1. The van der Waals surface area contributed by atoms with E-state index in [4.69, 9.17) is 4.18 Å². The van der Waals surface area contributed by atoms with Gasteiger partial charge >= 0.3 is 10.1 Å². The highest BCUT2D eigenvalue weighted by atomic mass is 32.2. The van der Waals surface area contributed by atoms with Crippen molar-refractivity contribution in [2.24, 2.45) is 0 Å². The van der Waals surface area contributed by atoms with Crippen molar-refractivity contribution in [2.75, 3.05) is 0 Å². The summed E-state index contributed by atoms with van der Waals surface area (Å²) in [6.07, 6.45) is 14.4. The van der Waals surface area contributed by atoms with E-state index in [0.717, 1.165) is 18.4 Å². The van der Waals surface area contributed by atoms with Crippen molar-refractivity contribution < 1.29 is 17.7 Å². The number of unbranched alkanes of at least 4 members (excludes halogenated alkanes) is 10. The van der Waals surface area contributed by atoms with Gasteiger partial charge in [-0.15, -0.1) is 0 Å². The molecule has 0 saturated heterocycles. The van der Waals surface area contributed by atoms with Crippen molar-refractivity contribution >= 4 is 10.1 Å². The third-order valence-corrected chi connectivity index (χ3v) is 6.60. The van der Waals surface area contributed by atoms with E-state index in [9.17, 15) is 13.5 Å². The molecule has 0 aliphatic rings. The molecule has 1 N–H and O–H groups in total. The number of hydrogen-bond acceptors (Lipinski definition) is 4. The molecule has 4 nitrogen and oxygen atoms in total. The molecule has 0 aromatic heterocycles. The lowest BCUT2D eigenvalue weighted by Gasteiger charge is -2.14. The summed E-state index contributed by atoms with van der Waals surface area (Å²) in [6, 6.07) is 4.51. The normalized spacial score (nSPS) is 12.9. The van der Waals surface area contributed by atoms with Gasteiger partial charge in [-0.2, -0.15) is 8.42 Å². The van der Waals surface area contributed by atoms with Crippen LogP contribution in [0.3, 0.4) is 0 Å². The minimum absolute atomic E-state index is 0.0122. The molecule has 5 heteroatoms. The van der Waals surface area contributed by atoms with E-state index in [0.29, 0.717) is 6.42 Å². The largest absolute Gasteiger partial charge is 0.508 e. The van der Waals surface area contributed by atoms with E-state index in [1.54, 1.807) is 26.0 Å². The third kappa shape index (κ3) is 10.6. The predicted molar refractivity (Wildman–Crippen MR) is 113 cm³/mol. The SMILES string of the molecule is CCCCCCCCCCCCCC(C)S(=O)(=O)Oc1cc(C)cc(O)c1. The van der Waals surface area contributed by atoms with Crippen molar-refractivity contribution in [1.29, 1.82) is 0 Å². The van der Waals surface area contributed by atoms with Gasteiger partial charge in [0.15, 0.2) is 0 Å². The summed E-state index contributed by atoms with van der Waals surface area (Å²) >= 11 is 0. The molecule has 0 amide bonds. The maximum Gasteiger partial charge on any atom is 0.311 e. The van der Waals surface area contributed by atoms with Crippen molar-refractivity contribution in [3.8, 4) is 11.5 Å². The van der Waals surface area contributed by atoms with Crippen LogP contribution in [-0.2, 0) is 10.1 Å². The second-order valence-electron chi connectivity index (χ2n) is 7.72. The molecule has 1 aromatic rings. The first kappa shape index (κ1) is 23.8. The first-order valence-electron chi connectivity index (χ1n) is 10.6. The Bertz CT molecular complexity index is 605. The monoisotopic (exact) mass is 398 g/mol. The van der Waals surface area contributed by atoms with Gasteiger partial charge < -0.3 is 9.29 Å². The number of aromatic hydroxyl groups is 1. The minimum atomic E-state index is -3.67. The first-order valence-corrected chi connectivity index (χ1v) is 12.1. The van der Waals surface area contributed by atoms with Crippen LogP contribution in [0.5, 0.6) is 11.5 Å². The molecule has 0 heterocycles. The van der Waals surface area contributed by atoms with E-state index in [2.05, 4.69) is 6.92 Å². The van der Waals surface area contributed by atoms with Crippen LogP contribution in [0.1, 0.15) is 96.5 Å². The number of rotatable bonds is 15. The average molecular weight is 399 g/mol. The number of hydrogen-bond donors (Lipinski definition) is 1. The van der Waals surface area contributed by atoms with E-state index in [-0.39, 0.29) is 11.5 Å². The summed E-state index contributed by atoms with van der Waals surface area (Å²) in [5.74, 6) is 0.191. The van der Waals surface area contributed by atoms with Crippen LogP contribution in [0.25, 0.3) is 0 Å². The molecule has 0 saturated carbocycles. The van der Waals surface area contributed by atoms with Crippen LogP contribution >= 0.6 is 0 Å². The van der Waals surface area contributed by atoms with E-state index in [1.807, 2.05) is 0 Å². The molecular weight excluding hydrogens is 360 g/mol. The summed E-state index contributed by atoms with van der Waals surface area (Å²) in [6.45, 7) is 5.72. The molecule has 1 atom stereocenters. The maximum atomic E-state index is 12.3. The van der Waals surface area contributed by atoms with Crippen molar-refractivity contribution in [3.05, 3.63) is 23.8 Å². The Morgan fingerprint density at radius 1 is 0.889 bits per heavy atom. The number of phenols is 1. The highest BCUT2D eigenvalue weighted by molar-refractivity contribution is 7.87. The van der Waals surface area contributed by atoms with Gasteiger partial charge in [0.2, 0.25) is 0 Å². The summed E-state index contributed by atoms with van der Waals surface area (Å²) in [4.78, 5) is 0. The lowest BCUT2D eigenvalue weighted by Crippen LogP contribution is -2.23. The summed E-state index contributed by atoms with van der Waals surface area (Å²) in [5.41, 5.74) is 0.762. The van der Waals surface area contributed by atoms with Crippen molar-refractivity contribution in [3.63, 3.8) is 0 Å². The molecule has 0 fully saturated rings. The molecule has 27 heavy (non-hydrogen) atoms. The zero-order valence-corrected chi connectivity index (χ0v) is 18.2. The van der Waals surface area contributed by atoms with E-state index < -0.39 is 15.4 Å². The lowest BCUT2D eigenvalue weighted by molar-refractivity contribution is 0.453. The topological polar surface area (TPSA) is 63.6 Å². The summed E-state index contributed by atoms with van der Waals surface area (Å²) in [5, 5.41) is 9.03. The van der Waals surface area contributed by atoms with E-state index >= 15 is 0 Å². The molecule has 156 valence electrons. The van der Waals surface area contributed by atoms with Crippen LogP contribution < -0.4 is 4.18 Å². The molecule has 0 spiro atoms. The lowest BCUT2D eigenvalue weighted by atomic mass is 10.0. The zero-order valence-electron chi connectivity index (χ0n) is 17.4. The second-order valence-corrected chi connectivity index (χ2v) is 9.67.